The van der Waals surface area contributed by atoms with E-state index in [0.717, 1.165) is 6.07 Å². The number of hydrogen-bond acceptors (Lipinski definition) is 3. The van der Waals surface area contributed by atoms with Gasteiger partial charge in [-0.1, -0.05) is 11.6 Å². The standard InChI is InChI=1S/C11H10BrClFNO3/c12-6-1-7(13)8(14)2-9(6)18-11(3-10(16)17)4-15-5-11/h1-2,15H,3-5H2,(H,16,17). The van der Waals surface area contributed by atoms with Crippen molar-refractivity contribution in [1.82, 2.24) is 5.32 Å². The van der Waals surface area contributed by atoms with Gasteiger partial charge in [0.25, 0.3) is 0 Å². The third-order valence-electron chi connectivity index (χ3n) is 2.67. The number of aliphatic carboxylic acids is 1. The molecule has 0 radical (unpaired) electrons. The molecule has 1 aromatic rings. The summed E-state index contributed by atoms with van der Waals surface area (Å²) in [4.78, 5) is 10.8. The van der Waals surface area contributed by atoms with Crippen molar-refractivity contribution in [2.24, 2.45) is 0 Å². The summed E-state index contributed by atoms with van der Waals surface area (Å²) in [6, 6.07) is 2.53. The highest BCUT2D eigenvalue weighted by Gasteiger charge is 2.42. The van der Waals surface area contributed by atoms with Crippen molar-refractivity contribution in [2.45, 2.75) is 12.0 Å². The molecule has 2 rings (SSSR count). The molecular formula is C11H10BrClFNO3. The quantitative estimate of drug-likeness (QED) is 0.828. The van der Waals surface area contributed by atoms with Gasteiger partial charge < -0.3 is 15.2 Å². The van der Waals surface area contributed by atoms with Crippen molar-refractivity contribution < 1.29 is 19.0 Å². The molecule has 0 saturated carbocycles. The van der Waals surface area contributed by atoms with Gasteiger partial charge in [0.05, 0.1) is 15.9 Å². The van der Waals surface area contributed by atoms with Crippen molar-refractivity contribution in [3.05, 3.63) is 27.4 Å². The normalized spacial score (nSPS) is 17.1. The molecule has 1 heterocycles. The van der Waals surface area contributed by atoms with E-state index in [-0.39, 0.29) is 17.2 Å². The Bertz CT molecular complexity index is 493. The number of carboxylic acids is 1. The summed E-state index contributed by atoms with van der Waals surface area (Å²) >= 11 is 8.83. The summed E-state index contributed by atoms with van der Waals surface area (Å²) in [5, 5.41) is 11.8. The molecule has 0 aromatic heterocycles. The minimum Gasteiger partial charge on any atom is -0.483 e. The number of nitrogens with one attached hydrogen (secondary N) is 1. The molecule has 0 unspecified atom stereocenters. The molecule has 0 bridgehead atoms. The zero-order valence-electron chi connectivity index (χ0n) is 9.17. The molecule has 18 heavy (non-hydrogen) atoms. The summed E-state index contributed by atoms with van der Waals surface area (Å²) in [5.74, 6) is -1.31. The van der Waals surface area contributed by atoms with Crippen LogP contribution in [0.1, 0.15) is 6.42 Å². The first-order valence-corrected chi connectivity index (χ1v) is 6.35. The molecule has 2 N–H and O–H groups in total. The van der Waals surface area contributed by atoms with Crippen LogP contribution in [-0.2, 0) is 4.79 Å². The van der Waals surface area contributed by atoms with E-state index in [1.165, 1.54) is 6.07 Å². The molecule has 1 aliphatic rings. The second-order valence-electron chi connectivity index (χ2n) is 4.16. The number of hydrogen-bond donors (Lipinski definition) is 2. The van der Waals surface area contributed by atoms with Crippen LogP contribution < -0.4 is 10.1 Å². The third-order valence-corrected chi connectivity index (χ3v) is 3.58. The SMILES string of the molecule is O=C(O)CC1(Oc2cc(F)c(Cl)cc2Br)CNC1. The van der Waals surface area contributed by atoms with E-state index in [4.69, 9.17) is 21.4 Å². The highest BCUT2D eigenvalue weighted by Crippen LogP contribution is 2.34. The maximum Gasteiger partial charge on any atom is 0.307 e. The Hall–Kier alpha value is -0.850. The molecule has 1 aromatic carbocycles. The number of rotatable bonds is 4. The van der Waals surface area contributed by atoms with Crippen LogP contribution in [0.4, 0.5) is 4.39 Å². The monoisotopic (exact) mass is 337 g/mol. The van der Waals surface area contributed by atoms with Crippen LogP contribution in [0.15, 0.2) is 16.6 Å². The highest BCUT2D eigenvalue weighted by atomic mass is 79.9. The molecule has 1 fully saturated rings. The highest BCUT2D eigenvalue weighted by molar-refractivity contribution is 9.10. The summed E-state index contributed by atoms with van der Waals surface area (Å²) < 4.78 is 19.5. The molecule has 1 aliphatic heterocycles. The lowest BCUT2D eigenvalue weighted by Gasteiger charge is -2.41. The fourth-order valence-corrected chi connectivity index (χ4v) is 2.45. The Morgan fingerprint density at radius 3 is 2.78 bits per heavy atom. The van der Waals surface area contributed by atoms with E-state index in [0.29, 0.717) is 17.6 Å². The smallest absolute Gasteiger partial charge is 0.307 e. The largest absolute Gasteiger partial charge is 0.483 e. The van der Waals surface area contributed by atoms with Gasteiger partial charge in [0.1, 0.15) is 17.2 Å². The van der Waals surface area contributed by atoms with Crippen LogP contribution in [-0.4, -0.2) is 29.8 Å². The van der Waals surface area contributed by atoms with Gasteiger partial charge >= 0.3 is 5.97 Å². The van der Waals surface area contributed by atoms with Crippen LogP contribution >= 0.6 is 27.5 Å². The first kappa shape index (κ1) is 13.6. The van der Waals surface area contributed by atoms with E-state index < -0.39 is 17.4 Å². The minimum absolute atomic E-state index is 0.0201. The van der Waals surface area contributed by atoms with E-state index >= 15 is 0 Å². The van der Waals surface area contributed by atoms with Gasteiger partial charge in [-0.2, -0.15) is 0 Å². The zero-order valence-corrected chi connectivity index (χ0v) is 11.5. The van der Waals surface area contributed by atoms with E-state index in [2.05, 4.69) is 21.2 Å². The second-order valence-corrected chi connectivity index (χ2v) is 5.42. The van der Waals surface area contributed by atoms with E-state index in [1.54, 1.807) is 0 Å². The van der Waals surface area contributed by atoms with Gasteiger partial charge in [0.2, 0.25) is 0 Å². The van der Waals surface area contributed by atoms with Crippen LogP contribution in [0, 0.1) is 5.82 Å². The number of carbonyl (C=O) groups is 1. The number of carboxylic acid groups (broad SMARTS) is 1. The molecule has 0 atom stereocenters. The lowest BCUT2D eigenvalue weighted by atomic mass is 9.92. The molecular weight excluding hydrogens is 328 g/mol. The van der Waals surface area contributed by atoms with Crippen molar-refractivity contribution in [2.75, 3.05) is 13.1 Å². The Morgan fingerprint density at radius 2 is 2.28 bits per heavy atom. The lowest BCUT2D eigenvalue weighted by molar-refractivity contribution is -0.143. The summed E-state index contributed by atoms with van der Waals surface area (Å²) in [6.07, 6.45) is -0.142. The van der Waals surface area contributed by atoms with Gasteiger partial charge in [0.15, 0.2) is 0 Å². The van der Waals surface area contributed by atoms with Gasteiger partial charge in [-0.15, -0.1) is 0 Å². The number of ether oxygens (including phenoxy) is 1. The van der Waals surface area contributed by atoms with Gasteiger partial charge in [-0.05, 0) is 22.0 Å². The van der Waals surface area contributed by atoms with E-state index in [1.807, 2.05) is 0 Å². The van der Waals surface area contributed by atoms with Crippen molar-refractivity contribution >= 4 is 33.5 Å². The Labute approximate surface area is 116 Å². The third kappa shape index (κ3) is 2.76. The molecule has 7 heteroatoms. The van der Waals surface area contributed by atoms with Gasteiger partial charge in [-0.25, -0.2) is 4.39 Å². The summed E-state index contributed by atoms with van der Waals surface area (Å²) in [6.45, 7) is 0.825. The van der Waals surface area contributed by atoms with Gasteiger partial charge in [-0.3, -0.25) is 4.79 Å². The number of benzene rings is 1. The first-order chi connectivity index (χ1) is 8.42. The summed E-state index contributed by atoms with van der Waals surface area (Å²) in [5.41, 5.74) is -0.825. The fourth-order valence-electron chi connectivity index (χ4n) is 1.73. The molecule has 98 valence electrons. The van der Waals surface area contributed by atoms with Crippen molar-refractivity contribution in [3.63, 3.8) is 0 Å². The Kier molecular flexibility index (Phi) is 3.79. The topological polar surface area (TPSA) is 58.6 Å². The van der Waals surface area contributed by atoms with Crippen molar-refractivity contribution in [3.8, 4) is 5.75 Å². The van der Waals surface area contributed by atoms with Crippen molar-refractivity contribution in [1.29, 1.82) is 0 Å². The Morgan fingerprint density at radius 1 is 1.61 bits per heavy atom. The average molecular weight is 339 g/mol. The van der Waals surface area contributed by atoms with Crippen LogP contribution in [0.2, 0.25) is 5.02 Å². The summed E-state index contributed by atoms with van der Waals surface area (Å²) in [7, 11) is 0. The Balaban J connectivity index is 2.22. The maximum absolute atomic E-state index is 13.4. The van der Waals surface area contributed by atoms with Crippen LogP contribution in [0.25, 0.3) is 0 Å². The van der Waals surface area contributed by atoms with E-state index in [9.17, 15) is 9.18 Å². The maximum atomic E-state index is 13.4. The lowest BCUT2D eigenvalue weighted by Crippen LogP contribution is -2.64. The molecule has 0 aliphatic carbocycles. The average Bonchev–Trinajstić information content (AvgIpc) is 2.22. The molecule has 1 saturated heterocycles. The second kappa shape index (κ2) is 5.03. The molecule has 4 nitrogen and oxygen atoms in total. The van der Waals surface area contributed by atoms with Crippen LogP contribution in [0.3, 0.4) is 0 Å². The predicted octanol–water partition coefficient (Wildman–Crippen LogP) is 2.44. The fraction of sp³-hybridized carbons (Fsp3) is 0.364. The van der Waals surface area contributed by atoms with Gasteiger partial charge in [0, 0.05) is 19.2 Å². The first-order valence-electron chi connectivity index (χ1n) is 5.18. The zero-order chi connectivity index (χ0) is 13.3. The van der Waals surface area contributed by atoms with Crippen LogP contribution in [0.5, 0.6) is 5.75 Å². The number of halogens is 3. The molecule has 0 amide bonds. The molecule has 0 spiro atoms. The minimum atomic E-state index is -0.956. The predicted molar refractivity (Wildman–Crippen MR) is 67.6 cm³/mol.